The molecular weight excluding hydrogens is 252 g/mol. The van der Waals surface area contributed by atoms with Gasteiger partial charge in [0.25, 0.3) is 0 Å². The molecule has 3 aromatic rings. The molecule has 0 amide bonds. The second-order valence-electron chi connectivity index (χ2n) is 4.23. The van der Waals surface area contributed by atoms with Gasteiger partial charge in [0, 0.05) is 12.4 Å². The minimum Gasteiger partial charge on any atom is -0.465 e. The van der Waals surface area contributed by atoms with Crippen LogP contribution in [0.15, 0.2) is 77.0 Å². The summed E-state index contributed by atoms with van der Waals surface area (Å²) in [5, 5.41) is 4.27. The van der Waals surface area contributed by atoms with E-state index in [2.05, 4.69) is 15.5 Å². The van der Waals surface area contributed by atoms with E-state index in [1.165, 1.54) is 0 Å². The number of nitrogens with one attached hydrogen (secondary N) is 1. The molecule has 2 heterocycles. The molecule has 0 saturated heterocycles. The first-order chi connectivity index (χ1) is 9.93. The van der Waals surface area contributed by atoms with Crippen molar-refractivity contribution in [3.8, 4) is 0 Å². The van der Waals surface area contributed by atoms with Crippen molar-refractivity contribution in [2.24, 2.45) is 5.10 Å². The average molecular weight is 266 g/mol. The molecule has 0 aliphatic carbocycles. The van der Waals surface area contributed by atoms with Crippen molar-refractivity contribution in [2.45, 2.75) is 6.17 Å². The Balaban J connectivity index is 1.76. The summed E-state index contributed by atoms with van der Waals surface area (Å²) in [6, 6.07) is 13.6. The lowest BCUT2D eigenvalue weighted by Gasteiger charge is -2.15. The quantitative estimate of drug-likeness (QED) is 0.570. The molecule has 1 aromatic carbocycles. The van der Waals surface area contributed by atoms with Crippen molar-refractivity contribution in [1.82, 2.24) is 15.0 Å². The summed E-state index contributed by atoms with van der Waals surface area (Å²) in [5.41, 5.74) is 4.10. The third-order valence-electron chi connectivity index (χ3n) is 2.85. The smallest absolute Gasteiger partial charge is 0.178 e. The van der Waals surface area contributed by atoms with E-state index in [0.29, 0.717) is 0 Å². The Kier molecular flexibility index (Phi) is 3.59. The lowest BCUT2D eigenvalue weighted by molar-refractivity contribution is 0.381. The maximum atomic E-state index is 5.44. The van der Waals surface area contributed by atoms with Gasteiger partial charge in [0.15, 0.2) is 6.17 Å². The molecule has 1 unspecified atom stereocenters. The number of nitrogens with zero attached hydrogens (tertiary/aromatic N) is 3. The fraction of sp³-hybridized carbons (Fsp3) is 0.0667. The number of hydrazone groups is 1. The van der Waals surface area contributed by atoms with E-state index in [9.17, 15) is 0 Å². The SMILES string of the molecule is C(=NNC(c1ccco1)n1ccnc1)c1ccccc1. The molecule has 2 aromatic heterocycles. The maximum absolute atomic E-state index is 5.44. The van der Waals surface area contributed by atoms with Gasteiger partial charge in [-0.05, 0) is 17.7 Å². The summed E-state index contributed by atoms with van der Waals surface area (Å²) in [5.74, 6) is 0.771. The minimum absolute atomic E-state index is 0.215. The zero-order chi connectivity index (χ0) is 13.6. The highest BCUT2D eigenvalue weighted by Crippen LogP contribution is 2.15. The topological polar surface area (TPSA) is 55.4 Å². The standard InChI is InChI=1S/C15H14N4O/c1-2-5-13(6-3-1)11-17-18-15(14-7-4-10-20-14)19-9-8-16-12-19/h1-12,15,18H. The first kappa shape index (κ1) is 12.2. The van der Waals surface area contributed by atoms with Crippen molar-refractivity contribution in [1.29, 1.82) is 0 Å². The maximum Gasteiger partial charge on any atom is 0.178 e. The molecule has 0 fully saturated rings. The number of hydrogen-bond acceptors (Lipinski definition) is 4. The van der Waals surface area contributed by atoms with Gasteiger partial charge in [0.1, 0.15) is 5.76 Å². The van der Waals surface area contributed by atoms with Crippen molar-refractivity contribution in [3.05, 3.63) is 78.8 Å². The first-order valence-corrected chi connectivity index (χ1v) is 6.28. The molecule has 5 nitrogen and oxygen atoms in total. The number of rotatable bonds is 5. The molecule has 5 heteroatoms. The fourth-order valence-corrected chi connectivity index (χ4v) is 1.87. The van der Waals surface area contributed by atoms with Gasteiger partial charge in [-0.2, -0.15) is 5.10 Å². The molecule has 0 bridgehead atoms. The predicted octanol–water partition coefficient (Wildman–Crippen LogP) is 2.65. The molecule has 0 radical (unpaired) electrons. The Bertz CT molecular complexity index is 610. The average Bonchev–Trinajstić information content (AvgIpc) is 3.18. The van der Waals surface area contributed by atoms with Crippen LogP contribution in [-0.4, -0.2) is 15.8 Å². The zero-order valence-corrected chi connectivity index (χ0v) is 10.8. The number of benzene rings is 1. The molecule has 3 rings (SSSR count). The Morgan fingerprint density at radius 3 is 2.80 bits per heavy atom. The van der Waals surface area contributed by atoms with Crippen LogP contribution in [0.1, 0.15) is 17.5 Å². The third-order valence-corrected chi connectivity index (χ3v) is 2.85. The van der Waals surface area contributed by atoms with Gasteiger partial charge in [-0.15, -0.1) is 0 Å². The molecule has 1 atom stereocenters. The lowest BCUT2D eigenvalue weighted by Crippen LogP contribution is -2.22. The van der Waals surface area contributed by atoms with E-state index in [1.807, 2.05) is 53.2 Å². The summed E-state index contributed by atoms with van der Waals surface area (Å²) < 4.78 is 7.33. The van der Waals surface area contributed by atoms with Crippen LogP contribution >= 0.6 is 0 Å². The summed E-state index contributed by atoms with van der Waals surface area (Å²) in [4.78, 5) is 4.05. The fourth-order valence-electron chi connectivity index (χ4n) is 1.87. The molecule has 20 heavy (non-hydrogen) atoms. The van der Waals surface area contributed by atoms with Gasteiger partial charge in [-0.3, -0.25) is 5.43 Å². The van der Waals surface area contributed by atoms with Gasteiger partial charge >= 0.3 is 0 Å². The van der Waals surface area contributed by atoms with Crippen LogP contribution in [0.5, 0.6) is 0 Å². The molecule has 0 spiro atoms. The number of aromatic nitrogens is 2. The first-order valence-electron chi connectivity index (χ1n) is 6.28. The summed E-state index contributed by atoms with van der Waals surface area (Å²) in [6.45, 7) is 0. The highest BCUT2D eigenvalue weighted by atomic mass is 16.3. The van der Waals surface area contributed by atoms with E-state index in [1.54, 1.807) is 25.0 Å². The van der Waals surface area contributed by atoms with Gasteiger partial charge in [0.2, 0.25) is 0 Å². The van der Waals surface area contributed by atoms with E-state index in [4.69, 9.17) is 4.42 Å². The molecular formula is C15H14N4O. The second-order valence-corrected chi connectivity index (χ2v) is 4.23. The molecule has 1 N–H and O–H groups in total. The van der Waals surface area contributed by atoms with E-state index in [-0.39, 0.29) is 6.17 Å². The van der Waals surface area contributed by atoms with Crippen molar-refractivity contribution in [2.75, 3.05) is 0 Å². The Hall–Kier alpha value is -2.82. The Morgan fingerprint density at radius 2 is 2.10 bits per heavy atom. The van der Waals surface area contributed by atoms with Gasteiger partial charge in [-0.25, -0.2) is 4.98 Å². The van der Waals surface area contributed by atoms with E-state index >= 15 is 0 Å². The Labute approximate surface area is 116 Å². The number of imidazole rings is 1. The van der Waals surface area contributed by atoms with E-state index < -0.39 is 0 Å². The highest BCUT2D eigenvalue weighted by Gasteiger charge is 2.14. The Morgan fingerprint density at radius 1 is 1.20 bits per heavy atom. The molecule has 0 aliphatic rings. The van der Waals surface area contributed by atoms with Gasteiger partial charge in [0.05, 0.1) is 18.8 Å². The van der Waals surface area contributed by atoms with Gasteiger partial charge < -0.3 is 8.98 Å². The monoisotopic (exact) mass is 266 g/mol. The largest absolute Gasteiger partial charge is 0.465 e. The molecule has 0 aliphatic heterocycles. The van der Waals surface area contributed by atoms with Crippen LogP contribution < -0.4 is 5.43 Å². The molecule has 100 valence electrons. The van der Waals surface area contributed by atoms with Gasteiger partial charge in [-0.1, -0.05) is 30.3 Å². The number of hydrogen-bond donors (Lipinski definition) is 1. The lowest BCUT2D eigenvalue weighted by atomic mass is 10.2. The summed E-state index contributed by atoms with van der Waals surface area (Å²) in [6.07, 6.45) is 8.50. The van der Waals surface area contributed by atoms with Crippen LogP contribution in [0.3, 0.4) is 0 Å². The summed E-state index contributed by atoms with van der Waals surface area (Å²) in [7, 11) is 0. The highest BCUT2D eigenvalue weighted by molar-refractivity contribution is 5.79. The second kappa shape index (κ2) is 5.88. The van der Waals surface area contributed by atoms with Crippen LogP contribution in [-0.2, 0) is 0 Å². The number of furan rings is 1. The van der Waals surface area contributed by atoms with Crippen LogP contribution in [0, 0.1) is 0 Å². The predicted molar refractivity (Wildman–Crippen MR) is 76.2 cm³/mol. The van der Waals surface area contributed by atoms with Crippen molar-refractivity contribution < 1.29 is 4.42 Å². The van der Waals surface area contributed by atoms with Crippen LogP contribution in [0.2, 0.25) is 0 Å². The minimum atomic E-state index is -0.215. The van der Waals surface area contributed by atoms with Crippen molar-refractivity contribution in [3.63, 3.8) is 0 Å². The normalized spacial score (nSPS) is 12.6. The third kappa shape index (κ3) is 2.77. The van der Waals surface area contributed by atoms with E-state index in [0.717, 1.165) is 11.3 Å². The van der Waals surface area contributed by atoms with Crippen LogP contribution in [0.25, 0.3) is 0 Å². The van der Waals surface area contributed by atoms with Crippen molar-refractivity contribution >= 4 is 6.21 Å². The summed E-state index contributed by atoms with van der Waals surface area (Å²) >= 11 is 0. The van der Waals surface area contributed by atoms with Crippen LogP contribution in [0.4, 0.5) is 0 Å². The zero-order valence-electron chi connectivity index (χ0n) is 10.8. The molecule has 0 saturated carbocycles.